The molecule has 0 amide bonds. The second-order valence-corrected chi connectivity index (χ2v) is 7.87. The van der Waals surface area contributed by atoms with E-state index in [2.05, 4.69) is 25.3 Å². The van der Waals surface area contributed by atoms with Gasteiger partial charge >= 0.3 is 6.36 Å². The number of hydrogen-bond donors (Lipinski definition) is 2. The van der Waals surface area contributed by atoms with Crippen molar-refractivity contribution in [1.82, 2.24) is 15.6 Å². The van der Waals surface area contributed by atoms with E-state index < -0.39 is 6.36 Å². The van der Waals surface area contributed by atoms with E-state index in [0.717, 1.165) is 17.8 Å². The Labute approximate surface area is 166 Å². The summed E-state index contributed by atoms with van der Waals surface area (Å²) in [5.41, 5.74) is 0.562. The molecule has 0 aliphatic heterocycles. The Balaban J connectivity index is 1.59. The highest BCUT2D eigenvalue weighted by Gasteiger charge is 2.42. The maximum atomic E-state index is 12.6. The minimum Gasteiger partial charge on any atom is -0.405 e. The van der Waals surface area contributed by atoms with Gasteiger partial charge in [-0.15, -0.1) is 24.5 Å². The first-order chi connectivity index (χ1) is 13.4. The van der Waals surface area contributed by atoms with Crippen LogP contribution in [0.5, 0.6) is 5.75 Å². The smallest absolute Gasteiger partial charge is 0.405 e. The molecule has 2 N–H and O–H groups in total. The molecule has 2 unspecified atom stereocenters. The lowest BCUT2D eigenvalue weighted by Gasteiger charge is -2.14. The van der Waals surface area contributed by atoms with Crippen molar-refractivity contribution in [3.63, 3.8) is 0 Å². The quantitative estimate of drug-likeness (QED) is 0.533. The van der Waals surface area contributed by atoms with E-state index in [1.54, 1.807) is 29.5 Å². The number of guanidine groups is 1. The lowest BCUT2D eigenvalue weighted by atomic mass is 10.1. The number of rotatable bonds is 7. The number of alkyl halides is 3. The summed E-state index contributed by atoms with van der Waals surface area (Å²) in [4.78, 5) is 10.1. The average molecular weight is 412 g/mol. The van der Waals surface area contributed by atoms with Crippen molar-refractivity contribution in [2.24, 2.45) is 4.99 Å². The van der Waals surface area contributed by atoms with Crippen LogP contribution in [-0.2, 0) is 6.42 Å². The van der Waals surface area contributed by atoms with Crippen LogP contribution in [0.4, 0.5) is 13.2 Å². The molecule has 0 bridgehead atoms. The van der Waals surface area contributed by atoms with E-state index in [-0.39, 0.29) is 17.7 Å². The molecule has 9 heteroatoms. The predicted octanol–water partition coefficient (Wildman–Crippen LogP) is 4.00. The van der Waals surface area contributed by atoms with Gasteiger partial charge in [0.15, 0.2) is 5.96 Å². The number of ether oxygens (including phenoxy) is 1. The summed E-state index contributed by atoms with van der Waals surface area (Å²) in [5, 5.41) is 7.53. The van der Waals surface area contributed by atoms with Crippen molar-refractivity contribution in [3.8, 4) is 5.75 Å². The summed E-state index contributed by atoms with van der Waals surface area (Å²) >= 11 is 1.66. The number of halogens is 3. The number of aromatic nitrogens is 1. The molecule has 1 aromatic heterocycles. The van der Waals surface area contributed by atoms with Crippen molar-refractivity contribution in [3.05, 3.63) is 45.9 Å². The number of para-hydroxylation sites is 1. The molecule has 3 rings (SSSR count). The maximum Gasteiger partial charge on any atom is 0.573 e. The number of aliphatic imine (C=N–C) groups is 1. The minimum atomic E-state index is -4.70. The van der Waals surface area contributed by atoms with Gasteiger partial charge in [-0.1, -0.05) is 18.2 Å². The Hall–Kier alpha value is -2.29. The molecule has 1 aliphatic rings. The van der Waals surface area contributed by atoms with E-state index >= 15 is 0 Å². The van der Waals surface area contributed by atoms with Gasteiger partial charge in [0.25, 0.3) is 0 Å². The molecule has 0 radical (unpaired) electrons. The zero-order valence-corrected chi connectivity index (χ0v) is 16.5. The van der Waals surface area contributed by atoms with Crippen LogP contribution in [-0.4, -0.2) is 36.4 Å². The molecule has 5 nitrogen and oxygen atoms in total. The second kappa shape index (κ2) is 8.81. The van der Waals surface area contributed by atoms with Gasteiger partial charge in [-0.3, -0.25) is 4.99 Å². The van der Waals surface area contributed by atoms with Crippen molar-refractivity contribution in [2.45, 2.75) is 45.0 Å². The molecule has 2 atom stereocenters. The average Bonchev–Trinajstić information content (AvgIpc) is 3.25. The maximum absolute atomic E-state index is 12.6. The van der Waals surface area contributed by atoms with Crippen molar-refractivity contribution in [2.75, 3.05) is 13.1 Å². The Morgan fingerprint density at radius 2 is 2.14 bits per heavy atom. The fourth-order valence-electron chi connectivity index (χ4n) is 2.98. The first kappa shape index (κ1) is 20.4. The molecular weight excluding hydrogens is 389 g/mol. The van der Waals surface area contributed by atoms with Gasteiger partial charge in [-0.05, 0) is 31.9 Å². The summed E-state index contributed by atoms with van der Waals surface area (Å²) in [5.74, 6) is 0.492. The van der Waals surface area contributed by atoms with Crippen molar-refractivity contribution in [1.29, 1.82) is 0 Å². The Morgan fingerprint density at radius 3 is 2.82 bits per heavy atom. The van der Waals surface area contributed by atoms with Crippen LogP contribution in [0.25, 0.3) is 0 Å². The van der Waals surface area contributed by atoms with E-state index in [9.17, 15) is 13.2 Å². The van der Waals surface area contributed by atoms with Crippen molar-refractivity contribution < 1.29 is 17.9 Å². The van der Waals surface area contributed by atoms with Crippen LogP contribution in [0.3, 0.4) is 0 Å². The first-order valence-corrected chi connectivity index (χ1v) is 9.98. The second-order valence-electron chi connectivity index (χ2n) is 6.55. The third kappa shape index (κ3) is 5.85. The van der Waals surface area contributed by atoms with Crippen LogP contribution < -0.4 is 15.4 Å². The van der Waals surface area contributed by atoms with Crippen LogP contribution in [0.2, 0.25) is 0 Å². The molecule has 1 heterocycles. The first-order valence-electron chi connectivity index (χ1n) is 9.16. The van der Waals surface area contributed by atoms with Gasteiger partial charge in [0, 0.05) is 42.5 Å². The summed E-state index contributed by atoms with van der Waals surface area (Å²) in [6.45, 7) is 5.28. The van der Waals surface area contributed by atoms with Gasteiger partial charge < -0.3 is 15.4 Å². The normalized spacial score (nSPS) is 19.4. The highest BCUT2D eigenvalue weighted by Crippen LogP contribution is 2.45. The number of hydrogen-bond acceptors (Lipinski definition) is 4. The number of aryl methyl sites for hydroxylation is 1. The van der Waals surface area contributed by atoms with Gasteiger partial charge in [-0.25, -0.2) is 4.98 Å². The molecule has 2 aromatic rings. The SMILES string of the molecule is CCNC(=NCCc1ncc(C)s1)NC1CC1c1ccccc1OC(F)(F)F. The zero-order chi connectivity index (χ0) is 20.1. The van der Waals surface area contributed by atoms with Gasteiger partial charge in [0.1, 0.15) is 5.75 Å². The fourth-order valence-corrected chi connectivity index (χ4v) is 3.75. The molecular formula is C19H23F3N4OS. The Morgan fingerprint density at radius 1 is 1.36 bits per heavy atom. The molecule has 1 aliphatic carbocycles. The molecule has 0 spiro atoms. The number of nitrogens with one attached hydrogen (secondary N) is 2. The zero-order valence-electron chi connectivity index (χ0n) is 15.7. The summed E-state index contributed by atoms with van der Waals surface area (Å²) in [6, 6.07) is 6.33. The van der Waals surface area contributed by atoms with E-state index in [1.807, 2.05) is 20.0 Å². The molecule has 1 aromatic carbocycles. The van der Waals surface area contributed by atoms with Crippen LogP contribution in [0.1, 0.15) is 34.7 Å². The number of thiazole rings is 1. The lowest BCUT2D eigenvalue weighted by molar-refractivity contribution is -0.274. The van der Waals surface area contributed by atoms with Gasteiger partial charge in [-0.2, -0.15) is 0 Å². The highest BCUT2D eigenvalue weighted by molar-refractivity contribution is 7.11. The van der Waals surface area contributed by atoms with E-state index in [4.69, 9.17) is 0 Å². The highest BCUT2D eigenvalue weighted by atomic mass is 32.1. The van der Waals surface area contributed by atoms with Gasteiger partial charge in [0.05, 0.1) is 5.01 Å². The van der Waals surface area contributed by atoms with Crippen LogP contribution in [0.15, 0.2) is 35.5 Å². The monoisotopic (exact) mass is 412 g/mol. The summed E-state index contributed by atoms with van der Waals surface area (Å²) < 4.78 is 42.0. The summed E-state index contributed by atoms with van der Waals surface area (Å²) in [7, 11) is 0. The molecule has 1 saturated carbocycles. The lowest BCUT2D eigenvalue weighted by Crippen LogP contribution is -2.39. The third-order valence-corrected chi connectivity index (χ3v) is 5.24. The topological polar surface area (TPSA) is 58.5 Å². The largest absolute Gasteiger partial charge is 0.573 e. The molecule has 0 saturated heterocycles. The summed E-state index contributed by atoms with van der Waals surface area (Å²) in [6.07, 6.45) is -1.36. The van der Waals surface area contributed by atoms with Crippen LogP contribution >= 0.6 is 11.3 Å². The number of nitrogens with zero attached hydrogens (tertiary/aromatic N) is 2. The molecule has 1 fully saturated rings. The Kier molecular flexibility index (Phi) is 6.43. The van der Waals surface area contributed by atoms with Crippen LogP contribution in [0, 0.1) is 6.92 Å². The fraction of sp³-hybridized carbons (Fsp3) is 0.474. The predicted molar refractivity (Wildman–Crippen MR) is 104 cm³/mol. The van der Waals surface area contributed by atoms with E-state index in [1.165, 1.54) is 10.9 Å². The molecule has 152 valence electrons. The number of benzene rings is 1. The van der Waals surface area contributed by atoms with E-state index in [0.29, 0.717) is 24.6 Å². The molecule has 28 heavy (non-hydrogen) atoms. The standard InChI is InChI=1S/C19H23F3N4OS/c1-3-23-18(24-9-8-17-25-11-12(2)28-17)26-15-10-14(15)13-6-4-5-7-16(13)27-19(20,21)22/h4-7,11,14-15H,3,8-10H2,1-2H3,(H2,23,24,26). The minimum absolute atomic E-state index is 0.0258. The van der Waals surface area contributed by atoms with Crippen molar-refractivity contribution >= 4 is 17.3 Å². The van der Waals surface area contributed by atoms with Gasteiger partial charge in [0.2, 0.25) is 0 Å². The third-order valence-electron chi connectivity index (χ3n) is 4.27. The Bertz CT molecular complexity index is 822.